The van der Waals surface area contributed by atoms with Gasteiger partial charge in [0.2, 0.25) is 11.8 Å². The molecule has 0 radical (unpaired) electrons. The summed E-state index contributed by atoms with van der Waals surface area (Å²) in [6.45, 7) is 2.70. The second-order valence-corrected chi connectivity index (χ2v) is 6.02. The minimum atomic E-state index is -0.0846. The van der Waals surface area contributed by atoms with Gasteiger partial charge in [0.15, 0.2) is 5.82 Å². The topological polar surface area (TPSA) is 76.5 Å². The molecule has 3 aromatic rings. The number of carbonyl (C=O) groups is 1. The molecule has 1 atom stereocenters. The van der Waals surface area contributed by atoms with Gasteiger partial charge in [-0.05, 0) is 25.0 Å². The van der Waals surface area contributed by atoms with Crippen molar-refractivity contribution in [3.8, 4) is 0 Å². The Morgan fingerprint density at radius 1 is 1.38 bits per heavy atom. The zero-order chi connectivity index (χ0) is 16.5. The molecule has 124 valence electrons. The molecule has 3 aromatic heterocycles. The average molecular weight is 325 g/mol. The Kier molecular flexibility index (Phi) is 3.76. The number of pyridine rings is 1. The summed E-state index contributed by atoms with van der Waals surface area (Å²) in [6, 6.07) is 5.72. The number of rotatable bonds is 4. The molecule has 1 saturated heterocycles. The number of hydrogen-bond donors (Lipinski definition) is 0. The van der Waals surface area contributed by atoms with Crippen LogP contribution in [0.25, 0.3) is 5.65 Å². The van der Waals surface area contributed by atoms with E-state index in [9.17, 15) is 4.79 Å². The van der Waals surface area contributed by atoms with E-state index in [1.807, 2.05) is 46.8 Å². The van der Waals surface area contributed by atoms with Gasteiger partial charge in [0.05, 0.1) is 18.2 Å². The number of amides is 1. The molecule has 0 bridgehead atoms. The molecule has 0 aromatic carbocycles. The van der Waals surface area contributed by atoms with Gasteiger partial charge in [0.25, 0.3) is 0 Å². The van der Waals surface area contributed by atoms with Crippen molar-refractivity contribution in [2.24, 2.45) is 0 Å². The highest BCUT2D eigenvalue weighted by atomic mass is 16.5. The predicted molar refractivity (Wildman–Crippen MR) is 86.3 cm³/mol. The van der Waals surface area contributed by atoms with Gasteiger partial charge in [-0.1, -0.05) is 18.1 Å². The number of aromatic nitrogens is 4. The summed E-state index contributed by atoms with van der Waals surface area (Å²) in [6.07, 6.45) is 6.66. The van der Waals surface area contributed by atoms with Crippen LogP contribution in [0.1, 0.15) is 43.2 Å². The van der Waals surface area contributed by atoms with E-state index in [0.29, 0.717) is 18.1 Å². The van der Waals surface area contributed by atoms with E-state index in [0.717, 1.165) is 30.7 Å². The fraction of sp³-hybridized carbons (Fsp3) is 0.412. The highest BCUT2D eigenvalue weighted by Crippen LogP contribution is 2.30. The van der Waals surface area contributed by atoms with Gasteiger partial charge >= 0.3 is 0 Å². The standard InChI is InChI=1S/C17H19N5O2/c1-2-15-19-17(20-24-15)13-6-5-9-22(13)16(23)10-12-11-21-8-4-3-7-14(21)18-12/h3-4,7-8,11,13H,2,5-6,9-10H2,1H3/t13-/m0/s1. The summed E-state index contributed by atoms with van der Waals surface area (Å²) >= 11 is 0. The van der Waals surface area contributed by atoms with Crippen LogP contribution in [0.2, 0.25) is 0 Å². The molecule has 1 fully saturated rings. The predicted octanol–water partition coefficient (Wildman–Crippen LogP) is 2.19. The Morgan fingerprint density at radius 3 is 3.08 bits per heavy atom. The molecule has 4 heterocycles. The molecule has 0 aliphatic carbocycles. The zero-order valence-corrected chi connectivity index (χ0v) is 13.6. The molecular formula is C17H19N5O2. The largest absolute Gasteiger partial charge is 0.339 e. The summed E-state index contributed by atoms with van der Waals surface area (Å²) in [5.74, 6) is 1.29. The van der Waals surface area contributed by atoms with Crippen molar-refractivity contribution in [1.82, 2.24) is 24.4 Å². The molecule has 24 heavy (non-hydrogen) atoms. The lowest BCUT2D eigenvalue weighted by molar-refractivity contribution is -0.131. The number of likely N-dealkylation sites (tertiary alicyclic amines) is 1. The lowest BCUT2D eigenvalue weighted by Crippen LogP contribution is -2.32. The quantitative estimate of drug-likeness (QED) is 0.735. The van der Waals surface area contributed by atoms with Crippen LogP contribution in [-0.4, -0.2) is 36.9 Å². The van der Waals surface area contributed by atoms with Crippen molar-refractivity contribution in [3.63, 3.8) is 0 Å². The first-order chi connectivity index (χ1) is 11.7. The van der Waals surface area contributed by atoms with Gasteiger partial charge in [0, 0.05) is 25.4 Å². The van der Waals surface area contributed by atoms with Crippen molar-refractivity contribution in [2.45, 2.75) is 38.6 Å². The van der Waals surface area contributed by atoms with Gasteiger partial charge in [-0.2, -0.15) is 4.98 Å². The van der Waals surface area contributed by atoms with Crippen LogP contribution in [0.5, 0.6) is 0 Å². The molecule has 0 spiro atoms. The third-order valence-electron chi connectivity index (χ3n) is 4.40. The third kappa shape index (κ3) is 2.66. The highest BCUT2D eigenvalue weighted by molar-refractivity contribution is 5.79. The first-order valence-electron chi connectivity index (χ1n) is 8.29. The van der Waals surface area contributed by atoms with Crippen LogP contribution in [0.4, 0.5) is 0 Å². The van der Waals surface area contributed by atoms with Gasteiger partial charge in [-0.25, -0.2) is 4.98 Å². The van der Waals surface area contributed by atoms with E-state index in [1.54, 1.807) is 0 Å². The second kappa shape index (κ2) is 6.07. The minimum Gasteiger partial charge on any atom is -0.339 e. The summed E-state index contributed by atoms with van der Waals surface area (Å²) < 4.78 is 7.13. The number of fused-ring (bicyclic) bond motifs is 1. The highest BCUT2D eigenvalue weighted by Gasteiger charge is 2.33. The van der Waals surface area contributed by atoms with Crippen LogP contribution < -0.4 is 0 Å². The Hall–Kier alpha value is -2.70. The summed E-state index contributed by atoms with van der Waals surface area (Å²) in [5.41, 5.74) is 1.63. The fourth-order valence-electron chi connectivity index (χ4n) is 3.21. The number of carbonyl (C=O) groups excluding carboxylic acids is 1. The molecule has 0 unspecified atom stereocenters. The van der Waals surface area contributed by atoms with Crippen LogP contribution in [0, 0.1) is 0 Å². The maximum absolute atomic E-state index is 12.7. The smallest absolute Gasteiger partial charge is 0.229 e. The molecule has 4 rings (SSSR count). The summed E-state index contributed by atoms with van der Waals surface area (Å²) in [4.78, 5) is 23.5. The number of nitrogens with zero attached hydrogens (tertiary/aromatic N) is 5. The van der Waals surface area contributed by atoms with E-state index in [4.69, 9.17) is 4.52 Å². The van der Waals surface area contributed by atoms with E-state index < -0.39 is 0 Å². The van der Waals surface area contributed by atoms with Gasteiger partial charge in [-0.3, -0.25) is 4.79 Å². The van der Waals surface area contributed by atoms with E-state index in [2.05, 4.69) is 15.1 Å². The lowest BCUT2D eigenvalue weighted by Gasteiger charge is -2.21. The Morgan fingerprint density at radius 2 is 2.29 bits per heavy atom. The lowest BCUT2D eigenvalue weighted by atomic mass is 10.2. The molecule has 1 aliphatic heterocycles. The zero-order valence-electron chi connectivity index (χ0n) is 13.6. The van der Waals surface area contributed by atoms with E-state index in [1.165, 1.54) is 0 Å². The third-order valence-corrected chi connectivity index (χ3v) is 4.40. The SMILES string of the molecule is CCc1nc([C@@H]2CCCN2C(=O)Cc2cn3ccccc3n2)no1. The molecule has 0 N–H and O–H groups in total. The number of imidazole rings is 1. The summed E-state index contributed by atoms with van der Waals surface area (Å²) in [5, 5.41) is 4.04. The normalized spacial score (nSPS) is 17.7. The summed E-state index contributed by atoms with van der Waals surface area (Å²) in [7, 11) is 0. The van der Waals surface area contributed by atoms with E-state index >= 15 is 0 Å². The van der Waals surface area contributed by atoms with Gasteiger partial charge < -0.3 is 13.8 Å². The van der Waals surface area contributed by atoms with Crippen molar-refractivity contribution in [3.05, 3.63) is 48.0 Å². The van der Waals surface area contributed by atoms with Crippen molar-refractivity contribution < 1.29 is 9.32 Å². The Balaban J connectivity index is 1.52. The van der Waals surface area contributed by atoms with Crippen molar-refractivity contribution in [1.29, 1.82) is 0 Å². The first kappa shape index (κ1) is 14.9. The fourth-order valence-corrected chi connectivity index (χ4v) is 3.21. The Bertz CT molecular complexity index is 836. The van der Waals surface area contributed by atoms with Gasteiger partial charge in [0.1, 0.15) is 5.65 Å². The first-order valence-corrected chi connectivity index (χ1v) is 8.29. The number of aryl methyl sites for hydroxylation is 1. The average Bonchev–Trinajstić information content (AvgIpc) is 3.31. The second-order valence-electron chi connectivity index (χ2n) is 6.02. The molecular weight excluding hydrogens is 306 g/mol. The van der Waals surface area contributed by atoms with Crippen molar-refractivity contribution >= 4 is 11.6 Å². The number of hydrogen-bond acceptors (Lipinski definition) is 5. The molecule has 7 nitrogen and oxygen atoms in total. The van der Waals surface area contributed by atoms with E-state index in [-0.39, 0.29) is 18.4 Å². The molecule has 1 amide bonds. The van der Waals surface area contributed by atoms with Crippen LogP contribution in [0.3, 0.4) is 0 Å². The van der Waals surface area contributed by atoms with Crippen molar-refractivity contribution in [2.75, 3.05) is 6.54 Å². The maximum atomic E-state index is 12.7. The maximum Gasteiger partial charge on any atom is 0.229 e. The van der Waals surface area contributed by atoms with Crippen LogP contribution in [-0.2, 0) is 17.6 Å². The Labute approximate surface area is 139 Å². The molecule has 7 heteroatoms. The van der Waals surface area contributed by atoms with Crippen LogP contribution >= 0.6 is 0 Å². The monoisotopic (exact) mass is 325 g/mol. The van der Waals surface area contributed by atoms with Gasteiger partial charge in [-0.15, -0.1) is 0 Å². The molecule has 1 aliphatic rings. The molecule has 0 saturated carbocycles. The van der Waals surface area contributed by atoms with Crippen LogP contribution in [0.15, 0.2) is 35.1 Å². The minimum absolute atomic E-state index is 0.0590.